The van der Waals surface area contributed by atoms with Crippen molar-refractivity contribution in [3.05, 3.63) is 206 Å². The molecule has 0 radical (unpaired) electrons. The molecule has 7 aromatic carbocycles. The number of fused-ring (bicyclic) bond motifs is 18. The van der Waals surface area contributed by atoms with Gasteiger partial charge in [-0.1, -0.05) is 149 Å². The third-order valence-corrected chi connectivity index (χ3v) is 11.9. The predicted octanol–water partition coefficient (Wildman–Crippen LogP) is 11.6. The predicted molar refractivity (Wildman–Crippen MR) is 195 cm³/mol. The molecule has 0 saturated heterocycles. The Labute approximate surface area is 282 Å². The number of benzene rings is 7. The van der Waals surface area contributed by atoms with Gasteiger partial charge in [0.2, 0.25) is 0 Å². The smallest absolute Gasteiger partial charge is 0.0754 e. The summed E-state index contributed by atoms with van der Waals surface area (Å²) in [4.78, 5) is 2.59. The zero-order valence-corrected chi connectivity index (χ0v) is 27.3. The van der Waals surface area contributed by atoms with E-state index >= 15 is 0 Å². The minimum absolute atomic E-state index is 0.458. The molecule has 0 bridgehead atoms. The van der Waals surface area contributed by atoms with Crippen LogP contribution in [0, 0.1) is 6.92 Å². The van der Waals surface area contributed by atoms with Crippen LogP contribution in [0.4, 0.5) is 17.1 Å². The van der Waals surface area contributed by atoms with Crippen LogP contribution >= 0.6 is 15.9 Å². The maximum absolute atomic E-state index is 3.91. The number of hydrogen-bond donors (Lipinski definition) is 0. The quantitative estimate of drug-likeness (QED) is 0.156. The highest BCUT2D eigenvalue weighted by Crippen LogP contribution is 2.70. The molecule has 4 aliphatic rings. The minimum Gasteiger partial charge on any atom is -0.309 e. The standard InChI is InChI=1S/C45H28BrN/c1-27-21-23-37-41(25-27)47-42-26-28(46)22-24-38(42)45(35-17-8-4-13-31(35)32-14-5-9-18-36(32)45)40-20-10-19-39(43(40)47)44(37)33-15-6-2-11-29(33)30-12-3-7-16-34(30)44/h2-26H,1H3. The SMILES string of the molecule is Cc1ccc2c(c1)N1c3cc(Br)ccc3C3(c4ccccc4-c4ccccc43)c3cccc(c31)C21c2ccccc2-c2ccccc21. The normalized spacial score (nSPS) is 15.7. The molecular formula is C45H28BrN. The Morgan fingerprint density at radius 2 is 0.809 bits per heavy atom. The summed E-state index contributed by atoms with van der Waals surface area (Å²) in [5.74, 6) is 0. The van der Waals surface area contributed by atoms with Crippen LogP contribution < -0.4 is 4.90 Å². The molecular weight excluding hydrogens is 634 g/mol. The molecule has 2 spiro atoms. The number of nitrogens with zero attached hydrogens (tertiary/aromatic N) is 1. The molecule has 220 valence electrons. The number of para-hydroxylation sites is 1. The first kappa shape index (κ1) is 25.9. The van der Waals surface area contributed by atoms with Crippen molar-refractivity contribution >= 4 is 33.0 Å². The monoisotopic (exact) mass is 661 g/mol. The van der Waals surface area contributed by atoms with Gasteiger partial charge in [0.25, 0.3) is 0 Å². The van der Waals surface area contributed by atoms with Gasteiger partial charge in [-0.15, -0.1) is 0 Å². The topological polar surface area (TPSA) is 3.24 Å². The number of anilines is 3. The van der Waals surface area contributed by atoms with Crippen LogP contribution in [0.3, 0.4) is 0 Å². The fourth-order valence-electron chi connectivity index (χ4n) is 9.83. The first-order valence-electron chi connectivity index (χ1n) is 16.4. The Hall–Kier alpha value is -5.18. The highest BCUT2D eigenvalue weighted by molar-refractivity contribution is 9.10. The zero-order valence-electron chi connectivity index (χ0n) is 25.8. The van der Waals surface area contributed by atoms with E-state index in [-0.39, 0.29) is 0 Å². The van der Waals surface area contributed by atoms with Gasteiger partial charge in [-0.05, 0) is 97.4 Å². The summed E-state index contributed by atoms with van der Waals surface area (Å²) in [6, 6.07) is 57.6. The van der Waals surface area contributed by atoms with E-state index in [2.05, 4.69) is 179 Å². The number of halogens is 1. The second kappa shape index (κ2) is 8.79. The second-order valence-electron chi connectivity index (χ2n) is 13.4. The molecule has 1 nitrogen and oxygen atoms in total. The van der Waals surface area contributed by atoms with E-state index in [1.807, 2.05) is 0 Å². The van der Waals surface area contributed by atoms with Crippen LogP contribution in [0.1, 0.15) is 50.1 Å². The van der Waals surface area contributed by atoms with Crippen molar-refractivity contribution in [3.8, 4) is 22.3 Å². The van der Waals surface area contributed by atoms with Crippen LogP contribution in [0.15, 0.2) is 156 Å². The maximum atomic E-state index is 3.91. The molecule has 0 aromatic heterocycles. The van der Waals surface area contributed by atoms with Gasteiger partial charge in [0, 0.05) is 4.47 Å². The van der Waals surface area contributed by atoms with Crippen LogP contribution in [0.2, 0.25) is 0 Å². The first-order valence-corrected chi connectivity index (χ1v) is 17.2. The average Bonchev–Trinajstić information content (AvgIpc) is 3.57. The third kappa shape index (κ3) is 2.85. The van der Waals surface area contributed by atoms with E-state index in [1.165, 1.54) is 89.4 Å². The fraction of sp³-hybridized carbons (Fsp3) is 0.0667. The van der Waals surface area contributed by atoms with Crippen LogP contribution in [-0.2, 0) is 10.8 Å². The lowest BCUT2D eigenvalue weighted by atomic mass is 9.59. The largest absolute Gasteiger partial charge is 0.309 e. The van der Waals surface area contributed by atoms with Gasteiger partial charge >= 0.3 is 0 Å². The Morgan fingerprint density at radius 3 is 1.30 bits per heavy atom. The van der Waals surface area contributed by atoms with Gasteiger partial charge in [0.05, 0.1) is 27.9 Å². The summed E-state index contributed by atoms with van der Waals surface area (Å²) in [5.41, 5.74) is 20.2. The van der Waals surface area contributed by atoms with Gasteiger partial charge < -0.3 is 4.90 Å². The van der Waals surface area contributed by atoms with Crippen LogP contribution in [-0.4, -0.2) is 0 Å². The summed E-state index contributed by atoms with van der Waals surface area (Å²) in [6.07, 6.45) is 0. The Balaban J connectivity index is 1.39. The number of aryl methyl sites for hydroxylation is 1. The van der Waals surface area contributed by atoms with E-state index < -0.39 is 10.8 Å². The van der Waals surface area contributed by atoms with E-state index in [0.717, 1.165) is 4.47 Å². The second-order valence-corrected chi connectivity index (χ2v) is 14.3. The Kier molecular flexibility index (Phi) is 4.85. The fourth-order valence-corrected chi connectivity index (χ4v) is 10.2. The van der Waals surface area contributed by atoms with Crippen molar-refractivity contribution in [1.82, 2.24) is 0 Å². The first-order chi connectivity index (χ1) is 23.1. The summed E-state index contributed by atoms with van der Waals surface area (Å²) < 4.78 is 1.08. The third-order valence-electron chi connectivity index (χ3n) is 11.4. The molecule has 0 N–H and O–H groups in total. The lowest BCUT2D eigenvalue weighted by Gasteiger charge is -2.52. The van der Waals surface area contributed by atoms with E-state index in [1.54, 1.807) is 0 Å². The number of rotatable bonds is 0. The van der Waals surface area contributed by atoms with E-state index in [9.17, 15) is 0 Å². The van der Waals surface area contributed by atoms with Gasteiger partial charge in [-0.25, -0.2) is 0 Å². The van der Waals surface area contributed by atoms with Gasteiger partial charge in [-0.3, -0.25) is 0 Å². The summed E-state index contributed by atoms with van der Waals surface area (Å²) in [6.45, 7) is 2.22. The van der Waals surface area contributed by atoms with Crippen molar-refractivity contribution in [2.24, 2.45) is 0 Å². The summed E-state index contributed by atoms with van der Waals surface area (Å²) in [5, 5.41) is 0. The van der Waals surface area contributed by atoms with Crippen LogP contribution in [0.25, 0.3) is 22.3 Å². The highest BCUT2D eigenvalue weighted by Gasteiger charge is 2.58. The van der Waals surface area contributed by atoms with Gasteiger partial charge in [-0.2, -0.15) is 0 Å². The van der Waals surface area contributed by atoms with Crippen molar-refractivity contribution in [3.63, 3.8) is 0 Å². The van der Waals surface area contributed by atoms with Crippen molar-refractivity contribution in [2.45, 2.75) is 17.8 Å². The van der Waals surface area contributed by atoms with E-state index in [0.29, 0.717) is 0 Å². The molecule has 0 atom stereocenters. The molecule has 11 rings (SSSR count). The van der Waals surface area contributed by atoms with E-state index in [4.69, 9.17) is 0 Å². The van der Waals surface area contributed by atoms with Gasteiger partial charge in [0.1, 0.15) is 0 Å². The molecule has 0 fully saturated rings. The lowest BCUT2D eigenvalue weighted by molar-refractivity contribution is 0.708. The van der Waals surface area contributed by atoms with Crippen molar-refractivity contribution < 1.29 is 0 Å². The van der Waals surface area contributed by atoms with Crippen molar-refractivity contribution in [2.75, 3.05) is 4.90 Å². The maximum Gasteiger partial charge on any atom is 0.0754 e. The van der Waals surface area contributed by atoms with Crippen molar-refractivity contribution in [1.29, 1.82) is 0 Å². The molecule has 47 heavy (non-hydrogen) atoms. The van der Waals surface area contributed by atoms with Gasteiger partial charge in [0.15, 0.2) is 0 Å². The Bertz CT molecular complexity index is 2260. The Morgan fingerprint density at radius 1 is 0.404 bits per heavy atom. The molecule has 0 unspecified atom stereocenters. The number of hydrogen-bond acceptors (Lipinski definition) is 1. The highest BCUT2D eigenvalue weighted by atomic mass is 79.9. The molecule has 2 aliphatic carbocycles. The molecule has 2 heteroatoms. The lowest BCUT2D eigenvalue weighted by Crippen LogP contribution is -2.42. The zero-order chi connectivity index (χ0) is 31.1. The summed E-state index contributed by atoms with van der Waals surface area (Å²) >= 11 is 3.91. The average molecular weight is 663 g/mol. The summed E-state index contributed by atoms with van der Waals surface area (Å²) in [7, 11) is 0. The minimum atomic E-state index is -0.467. The van der Waals surface area contributed by atoms with Crippen LogP contribution in [0.5, 0.6) is 0 Å². The molecule has 7 aromatic rings. The molecule has 0 amide bonds. The molecule has 0 saturated carbocycles. The molecule has 2 heterocycles. The molecule has 2 aliphatic heterocycles.